The fourth-order valence-corrected chi connectivity index (χ4v) is 3.38. The molecule has 0 N–H and O–H groups in total. The second-order valence-electron chi connectivity index (χ2n) is 6.74. The maximum Gasteiger partial charge on any atom is 0.229 e. The lowest BCUT2D eigenvalue weighted by atomic mass is 10.1. The molecule has 0 saturated carbocycles. The highest BCUT2D eigenvalue weighted by atomic mass is 35.5. The first kappa shape index (κ1) is 18.3. The van der Waals surface area contributed by atoms with Crippen LogP contribution < -0.4 is 0 Å². The van der Waals surface area contributed by atoms with E-state index in [4.69, 9.17) is 11.6 Å². The van der Waals surface area contributed by atoms with Crippen LogP contribution in [-0.2, 0) is 24.3 Å². The fourth-order valence-electron chi connectivity index (χ4n) is 3.21. The lowest BCUT2D eigenvalue weighted by molar-refractivity contribution is -0.131. The Bertz CT molecular complexity index is 1040. The zero-order chi connectivity index (χ0) is 19.3. The van der Waals surface area contributed by atoms with Gasteiger partial charge < -0.3 is 9.30 Å². The Labute approximate surface area is 169 Å². The van der Waals surface area contributed by atoms with Gasteiger partial charge in [0.2, 0.25) is 5.91 Å². The van der Waals surface area contributed by atoms with E-state index in [0.717, 1.165) is 22.5 Å². The number of carbonyl (C=O) groups excluding carboxylic acids is 1. The van der Waals surface area contributed by atoms with E-state index in [2.05, 4.69) is 4.98 Å². The van der Waals surface area contributed by atoms with E-state index in [-0.39, 0.29) is 12.3 Å². The predicted octanol–water partition coefficient (Wildman–Crippen LogP) is 4.76. The molecule has 2 aromatic carbocycles. The second kappa shape index (κ2) is 8.28. The number of hydrogen-bond acceptors (Lipinski definition) is 2. The van der Waals surface area contributed by atoms with Gasteiger partial charge in [-0.1, -0.05) is 72.3 Å². The van der Waals surface area contributed by atoms with Crippen LogP contribution in [0.25, 0.3) is 5.65 Å². The zero-order valence-electron chi connectivity index (χ0n) is 15.3. The molecule has 4 nitrogen and oxygen atoms in total. The Balaban J connectivity index is 1.55. The third kappa shape index (κ3) is 4.41. The zero-order valence-corrected chi connectivity index (χ0v) is 16.1. The summed E-state index contributed by atoms with van der Waals surface area (Å²) < 4.78 is 1.85. The minimum absolute atomic E-state index is 0.0437. The number of amides is 1. The van der Waals surface area contributed by atoms with Crippen LogP contribution in [0.3, 0.4) is 0 Å². The van der Waals surface area contributed by atoms with Gasteiger partial charge in [-0.3, -0.25) is 4.79 Å². The summed E-state index contributed by atoms with van der Waals surface area (Å²) in [5.74, 6) is 0.0437. The molecule has 4 rings (SSSR count). The van der Waals surface area contributed by atoms with Gasteiger partial charge in [0.15, 0.2) is 0 Å². The molecule has 0 atom stereocenters. The number of nitrogens with zero attached hydrogens (tertiary/aromatic N) is 3. The normalized spacial score (nSPS) is 10.9. The third-order valence-corrected chi connectivity index (χ3v) is 4.81. The second-order valence-corrected chi connectivity index (χ2v) is 7.18. The molecule has 0 aliphatic carbocycles. The molecule has 2 aromatic heterocycles. The first-order chi connectivity index (χ1) is 13.7. The van der Waals surface area contributed by atoms with Gasteiger partial charge in [0.25, 0.3) is 0 Å². The Morgan fingerprint density at radius 1 is 0.857 bits per heavy atom. The molecule has 0 fully saturated rings. The van der Waals surface area contributed by atoms with E-state index in [1.165, 1.54) is 0 Å². The Hall–Kier alpha value is -3.11. The SMILES string of the molecule is O=C(Cc1cn2cc(Cl)ccc2n1)N(Cc1ccccc1)Cc1ccccc1. The Morgan fingerprint density at radius 3 is 2.07 bits per heavy atom. The van der Waals surface area contributed by atoms with Crippen molar-refractivity contribution in [1.82, 2.24) is 14.3 Å². The van der Waals surface area contributed by atoms with Crippen molar-refractivity contribution in [3.63, 3.8) is 0 Å². The predicted molar refractivity (Wildman–Crippen MR) is 111 cm³/mol. The van der Waals surface area contributed by atoms with E-state index in [0.29, 0.717) is 18.1 Å². The van der Waals surface area contributed by atoms with Crippen molar-refractivity contribution in [3.05, 3.63) is 107 Å². The van der Waals surface area contributed by atoms with Crippen LogP contribution in [0.1, 0.15) is 16.8 Å². The topological polar surface area (TPSA) is 37.6 Å². The molecule has 0 aliphatic rings. The fraction of sp³-hybridized carbons (Fsp3) is 0.130. The Kier molecular flexibility index (Phi) is 5.40. The highest BCUT2D eigenvalue weighted by Gasteiger charge is 2.17. The van der Waals surface area contributed by atoms with E-state index in [1.54, 1.807) is 12.3 Å². The molecule has 2 heterocycles. The number of aromatic nitrogens is 2. The number of halogens is 1. The molecule has 5 heteroatoms. The van der Waals surface area contributed by atoms with Gasteiger partial charge in [-0.05, 0) is 23.3 Å². The maximum atomic E-state index is 13.1. The van der Waals surface area contributed by atoms with Gasteiger partial charge in [-0.25, -0.2) is 4.98 Å². The Morgan fingerprint density at radius 2 is 1.46 bits per heavy atom. The standard InChI is InChI=1S/C23H20ClN3O/c24-20-11-12-22-25-21(17-26(22)16-20)13-23(28)27(14-18-7-3-1-4-8-18)15-19-9-5-2-6-10-19/h1-12,16-17H,13-15H2. The summed E-state index contributed by atoms with van der Waals surface area (Å²) in [7, 11) is 0. The van der Waals surface area contributed by atoms with Crippen molar-refractivity contribution >= 4 is 23.2 Å². The monoisotopic (exact) mass is 389 g/mol. The molecule has 0 radical (unpaired) electrons. The van der Waals surface area contributed by atoms with Gasteiger partial charge in [0, 0.05) is 25.5 Å². The quantitative estimate of drug-likeness (QED) is 0.477. The van der Waals surface area contributed by atoms with Crippen molar-refractivity contribution in [2.75, 3.05) is 0 Å². The summed E-state index contributed by atoms with van der Waals surface area (Å²) >= 11 is 6.04. The van der Waals surface area contributed by atoms with Gasteiger partial charge in [0.05, 0.1) is 17.1 Å². The van der Waals surface area contributed by atoms with Crippen LogP contribution in [0.15, 0.2) is 85.2 Å². The molecule has 0 aliphatic heterocycles. The molecule has 0 unspecified atom stereocenters. The van der Waals surface area contributed by atoms with Crippen LogP contribution >= 0.6 is 11.6 Å². The van der Waals surface area contributed by atoms with E-state index < -0.39 is 0 Å². The van der Waals surface area contributed by atoms with Gasteiger partial charge >= 0.3 is 0 Å². The summed E-state index contributed by atoms with van der Waals surface area (Å²) in [6.45, 7) is 1.13. The van der Waals surface area contributed by atoms with Crippen molar-refractivity contribution in [1.29, 1.82) is 0 Å². The lowest BCUT2D eigenvalue weighted by Crippen LogP contribution is -2.31. The van der Waals surface area contributed by atoms with Crippen molar-refractivity contribution in [2.45, 2.75) is 19.5 Å². The van der Waals surface area contributed by atoms with E-state index >= 15 is 0 Å². The summed E-state index contributed by atoms with van der Waals surface area (Å²) in [6.07, 6.45) is 3.91. The molecule has 140 valence electrons. The number of carbonyl (C=O) groups is 1. The molecule has 0 bridgehead atoms. The third-order valence-electron chi connectivity index (χ3n) is 4.58. The van der Waals surface area contributed by atoms with Crippen LogP contribution in [-0.4, -0.2) is 20.2 Å². The van der Waals surface area contributed by atoms with Gasteiger partial charge in [0.1, 0.15) is 5.65 Å². The number of pyridine rings is 1. The van der Waals surface area contributed by atoms with Crippen LogP contribution in [0, 0.1) is 0 Å². The minimum Gasteiger partial charge on any atom is -0.334 e. The van der Waals surface area contributed by atoms with Crippen LogP contribution in [0.4, 0.5) is 0 Å². The van der Waals surface area contributed by atoms with Gasteiger partial charge in [-0.15, -0.1) is 0 Å². The van der Waals surface area contributed by atoms with Crippen LogP contribution in [0.5, 0.6) is 0 Å². The summed E-state index contributed by atoms with van der Waals surface area (Å²) in [5, 5.41) is 0.637. The number of benzene rings is 2. The number of imidazole rings is 1. The largest absolute Gasteiger partial charge is 0.334 e. The van der Waals surface area contributed by atoms with Crippen LogP contribution in [0.2, 0.25) is 5.02 Å². The highest BCUT2D eigenvalue weighted by molar-refractivity contribution is 6.30. The molecular weight excluding hydrogens is 370 g/mol. The molecule has 1 amide bonds. The smallest absolute Gasteiger partial charge is 0.229 e. The first-order valence-corrected chi connectivity index (χ1v) is 9.54. The molecule has 0 spiro atoms. The number of fused-ring (bicyclic) bond motifs is 1. The number of hydrogen-bond donors (Lipinski definition) is 0. The minimum atomic E-state index is 0.0437. The molecule has 28 heavy (non-hydrogen) atoms. The van der Waals surface area contributed by atoms with Gasteiger partial charge in [-0.2, -0.15) is 0 Å². The van der Waals surface area contributed by atoms with E-state index in [1.807, 2.05) is 82.2 Å². The highest BCUT2D eigenvalue weighted by Crippen LogP contribution is 2.15. The van der Waals surface area contributed by atoms with E-state index in [9.17, 15) is 4.79 Å². The summed E-state index contributed by atoms with van der Waals surface area (Å²) in [4.78, 5) is 19.5. The molecular formula is C23H20ClN3O. The van der Waals surface area contributed by atoms with Crippen molar-refractivity contribution < 1.29 is 4.79 Å². The average molecular weight is 390 g/mol. The first-order valence-electron chi connectivity index (χ1n) is 9.16. The van der Waals surface area contributed by atoms with Crippen molar-refractivity contribution in [2.24, 2.45) is 0 Å². The molecule has 4 aromatic rings. The maximum absolute atomic E-state index is 13.1. The molecule has 0 saturated heterocycles. The number of rotatable bonds is 6. The average Bonchev–Trinajstić information content (AvgIpc) is 3.10. The van der Waals surface area contributed by atoms with Crippen molar-refractivity contribution in [3.8, 4) is 0 Å². The lowest BCUT2D eigenvalue weighted by Gasteiger charge is -2.23. The summed E-state index contributed by atoms with van der Waals surface area (Å²) in [5.41, 5.74) is 3.73. The summed E-state index contributed by atoms with van der Waals surface area (Å²) in [6, 6.07) is 23.7.